The average Bonchev–Trinajstić information content (AvgIpc) is 2.90. The third kappa shape index (κ3) is 4.29. The lowest BCUT2D eigenvalue weighted by Crippen LogP contribution is -2.60. The molecule has 0 heterocycles. The first-order chi connectivity index (χ1) is 18.9. The standard InChI is InChI=1S/C30H31N3O7/c1-33(2)11-10-32-29(39)16-5-3-4-15(12-16)19-8-9-22(34)24-21(19)14-17-13-18-6-7-20(28(31)38)26(36)30(18,40)27(37)23(17)25(24)35/h3-5,7-9,12,17-18,34-35,40H,6,10-11,13-14H2,1-2H3,(H2,31,38)(H,32,39)/t17-,18-,30-/m1/s1. The number of benzene rings is 2. The summed E-state index contributed by atoms with van der Waals surface area (Å²) in [6.07, 6.45) is 1.89. The Morgan fingerprint density at radius 1 is 1.12 bits per heavy atom. The second-order valence-corrected chi connectivity index (χ2v) is 10.9. The molecule has 0 radical (unpaired) electrons. The number of hydrogen-bond donors (Lipinski definition) is 5. The second kappa shape index (κ2) is 10.0. The van der Waals surface area contributed by atoms with E-state index in [1.807, 2.05) is 25.1 Å². The number of nitrogens with two attached hydrogens (primary N) is 1. The molecule has 3 aliphatic rings. The van der Waals surface area contributed by atoms with Crippen molar-refractivity contribution in [1.29, 1.82) is 0 Å². The lowest BCUT2D eigenvalue weighted by molar-refractivity contribution is -0.157. The highest BCUT2D eigenvalue weighted by molar-refractivity contribution is 6.32. The number of carbonyl (C=O) groups is 4. The molecule has 0 aliphatic heterocycles. The van der Waals surface area contributed by atoms with E-state index in [1.165, 1.54) is 12.1 Å². The van der Waals surface area contributed by atoms with E-state index in [-0.39, 0.29) is 42.1 Å². The molecule has 0 bridgehead atoms. The highest BCUT2D eigenvalue weighted by Crippen LogP contribution is 2.51. The molecule has 10 nitrogen and oxygen atoms in total. The van der Waals surface area contributed by atoms with Crippen molar-refractivity contribution in [2.45, 2.75) is 24.9 Å². The molecule has 10 heteroatoms. The Labute approximate surface area is 230 Å². The van der Waals surface area contributed by atoms with Crippen LogP contribution < -0.4 is 11.1 Å². The lowest BCUT2D eigenvalue weighted by Gasteiger charge is -2.45. The van der Waals surface area contributed by atoms with Crippen molar-refractivity contribution in [3.05, 3.63) is 70.3 Å². The number of allylic oxidation sites excluding steroid dienone is 1. The van der Waals surface area contributed by atoms with Gasteiger partial charge in [0.15, 0.2) is 5.60 Å². The van der Waals surface area contributed by atoms with Gasteiger partial charge in [0.25, 0.3) is 11.8 Å². The third-order valence-electron chi connectivity index (χ3n) is 8.14. The smallest absolute Gasteiger partial charge is 0.252 e. The molecule has 208 valence electrons. The molecule has 3 atom stereocenters. The summed E-state index contributed by atoms with van der Waals surface area (Å²) < 4.78 is 0. The molecular weight excluding hydrogens is 514 g/mol. The first-order valence-corrected chi connectivity index (χ1v) is 13.1. The first-order valence-electron chi connectivity index (χ1n) is 13.1. The zero-order valence-corrected chi connectivity index (χ0v) is 22.2. The number of aromatic hydroxyl groups is 1. The molecular formula is C30H31N3O7. The van der Waals surface area contributed by atoms with Gasteiger partial charge in [0.05, 0.1) is 11.1 Å². The van der Waals surface area contributed by atoms with Crippen LogP contribution in [0.3, 0.4) is 0 Å². The van der Waals surface area contributed by atoms with Crippen molar-refractivity contribution in [2.75, 3.05) is 27.2 Å². The van der Waals surface area contributed by atoms with Gasteiger partial charge in [0.2, 0.25) is 11.6 Å². The Kier molecular flexibility index (Phi) is 6.85. The molecule has 5 rings (SSSR count). The average molecular weight is 546 g/mol. The quantitative estimate of drug-likeness (QED) is 0.269. The minimum Gasteiger partial charge on any atom is -0.507 e. The van der Waals surface area contributed by atoms with Gasteiger partial charge in [-0.15, -0.1) is 0 Å². The van der Waals surface area contributed by atoms with E-state index < -0.39 is 46.2 Å². The number of hydrogen-bond acceptors (Lipinski definition) is 8. The number of aliphatic hydroxyl groups excluding tert-OH is 1. The van der Waals surface area contributed by atoms with E-state index in [9.17, 15) is 34.5 Å². The molecule has 6 N–H and O–H groups in total. The molecule has 2 aromatic rings. The minimum atomic E-state index is -2.52. The molecule has 1 fully saturated rings. The van der Waals surface area contributed by atoms with Crippen molar-refractivity contribution in [2.24, 2.45) is 17.6 Å². The number of primary amides is 1. The van der Waals surface area contributed by atoms with Crippen LogP contribution in [0.2, 0.25) is 0 Å². The van der Waals surface area contributed by atoms with Crippen molar-refractivity contribution in [1.82, 2.24) is 10.2 Å². The number of rotatable bonds is 6. The Balaban J connectivity index is 1.55. The maximum atomic E-state index is 13.6. The fourth-order valence-corrected chi connectivity index (χ4v) is 6.11. The van der Waals surface area contributed by atoms with Gasteiger partial charge in [0, 0.05) is 30.1 Å². The minimum absolute atomic E-state index is 0.0360. The molecule has 0 spiro atoms. The van der Waals surface area contributed by atoms with Gasteiger partial charge in [-0.3, -0.25) is 19.2 Å². The molecule has 1 saturated carbocycles. The number of amides is 2. The molecule has 0 unspecified atom stereocenters. The summed E-state index contributed by atoms with van der Waals surface area (Å²) in [6.45, 7) is 1.17. The van der Waals surface area contributed by atoms with Crippen LogP contribution in [-0.4, -0.2) is 76.4 Å². The summed E-state index contributed by atoms with van der Waals surface area (Å²) in [5, 5.41) is 36.3. The summed E-state index contributed by atoms with van der Waals surface area (Å²) in [5.74, 6) is -5.43. The van der Waals surface area contributed by atoms with Crippen LogP contribution in [0.1, 0.15) is 34.3 Å². The summed E-state index contributed by atoms with van der Waals surface area (Å²) in [4.78, 5) is 53.1. The maximum absolute atomic E-state index is 13.6. The van der Waals surface area contributed by atoms with Gasteiger partial charge in [0.1, 0.15) is 11.5 Å². The van der Waals surface area contributed by atoms with E-state index in [0.717, 1.165) is 0 Å². The summed E-state index contributed by atoms with van der Waals surface area (Å²) in [6, 6.07) is 10.1. The van der Waals surface area contributed by atoms with Crippen molar-refractivity contribution < 1.29 is 34.5 Å². The van der Waals surface area contributed by atoms with Gasteiger partial charge in [-0.1, -0.05) is 24.3 Å². The Hall–Kier alpha value is -4.28. The largest absolute Gasteiger partial charge is 0.507 e. The number of nitrogens with zero attached hydrogens (tertiary/aromatic N) is 1. The Morgan fingerprint density at radius 2 is 1.88 bits per heavy atom. The number of likely N-dealkylation sites (N-methyl/N-ethyl adjacent to an activating group) is 1. The molecule has 40 heavy (non-hydrogen) atoms. The van der Waals surface area contributed by atoms with Gasteiger partial charge in [-0.05, 0) is 74.2 Å². The van der Waals surface area contributed by atoms with Crippen LogP contribution in [0.15, 0.2) is 53.6 Å². The highest BCUT2D eigenvalue weighted by Gasteiger charge is 2.60. The van der Waals surface area contributed by atoms with Crippen molar-refractivity contribution in [3.63, 3.8) is 0 Å². The van der Waals surface area contributed by atoms with Gasteiger partial charge >= 0.3 is 0 Å². The SMILES string of the molecule is CN(C)CCNC(=O)c1cccc(-c2ccc(O)c3c2C[C@H]2C[C@H]4CC=C(C(N)=O)C(=O)[C@@]4(O)C(=O)C2=C3O)c1. The van der Waals surface area contributed by atoms with Crippen LogP contribution >= 0.6 is 0 Å². The van der Waals surface area contributed by atoms with Crippen LogP contribution in [0.25, 0.3) is 16.9 Å². The summed E-state index contributed by atoms with van der Waals surface area (Å²) >= 11 is 0. The second-order valence-electron chi connectivity index (χ2n) is 10.9. The number of nitrogens with one attached hydrogen (secondary N) is 1. The van der Waals surface area contributed by atoms with E-state index in [4.69, 9.17) is 5.73 Å². The molecule has 2 aromatic carbocycles. The monoisotopic (exact) mass is 545 g/mol. The van der Waals surface area contributed by atoms with Crippen LogP contribution in [0.5, 0.6) is 5.75 Å². The molecule has 2 amide bonds. The lowest BCUT2D eigenvalue weighted by atomic mass is 9.58. The van der Waals surface area contributed by atoms with Crippen molar-refractivity contribution >= 4 is 29.1 Å². The number of phenols is 1. The molecule has 3 aliphatic carbocycles. The topological polar surface area (TPSA) is 170 Å². The normalized spacial score (nSPS) is 23.8. The highest BCUT2D eigenvalue weighted by atomic mass is 16.3. The Bertz CT molecular complexity index is 1520. The van der Waals surface area contributed by atoms with E-state index >= 15 is 0 Å². The van der Waals surface area contributed by atoms with Gasteiger partial charge in [-0.25, -0.2) is 0 Å². The van der Waals surface area contributed by atoms with E-state index in [1.54, 1.807) is 24.3 Å². The summed E-state index contributed by atoms with van der Waals surface area (Å²) in [5.41, 5.74) is 4.63. The van der Waals surface area contributed by atoms with Crippen LogP contribution in [0, 0.1) is 11.8 Å². The zero-order valence-electron chi connectivity index (χ0n) is 22.2. The van der Waals surface area contributed by atoms with Gasteiger partial charge in [-0.2, -0.15) is 0 Å². The number of Topliss-reactive ketones (excluding diaryl/α,β-unsaturated/α-hetero) is 2. The Morgan fingerprint density at radius 3 is 2.58 bits per heavy atom. The fraction of sp³-hybridized carbons (Fsp3) is 0.333. The maximum Gasteiger partial charge on any atom is 0.252 e. The number of fused-ring (bicyclic) bond motifs is 3. The van der Waals surface area contributed by atoms with Crippen molar-refractivity contribution in [3.8, 4) is 16.9 Å². The predicted molar refractivity (Wildman–Crippen MR) is 146 cm³/mol. The summed E-state index contributed by atoms with van der Waals surface area (Å²) in [7, 11) is 3.83. The predicted octanol–water partition coefficient (Wildman–Crippen LogP) is 1.50. The van der Waals surface area contributed by atoms with Gasteiger partial charge < -0.3 is 31.3 Å². The fourth-order valence-electron chi connectivity index (χ4n) is 6.11. The number of ketones is 2. The van der Waals surface area contributed by atoms with E-state index in [0.29, 0.717) is 35.3 Å². The number of aliphatic hydroxyl groups is 2. The first kappa shape index (κ1) is 27.3. The molecule has 0 aromatic heterocycles. The third-order valence-corrected chi connectivity index (χ3v) is 8.14. The van der Waals surface area contributed by atoms with Crippen LogP contribution in [0.4, 0.5) is 0 Å². The van der Waals surface area contributed by atoms with E-state index in [2.05, 4.69) is 5.32 Å². The zero-order chi connectivity index (χ0) is 28.9. The number of carbonyl (C=O) groups excluding carboxylic acids is 4. The molecule has 0 saturated heterocycles. The number of phenolic OH excluding ortho intramolecular Hbond substituents is 1. The van der Waals surface area contributed by atoms with Crippen LogP contribution in [-0.2, 0) is 20.8 Å².